The molecule has 0 aliphatic rings. The maximum absolute atomic E-state index is 13.1. The number of nitro groups is 2. The molecule has 0 saturated heterocycles. The molecule has 172 valence electrons. The number of nitro benzene ring substituents is 2. The number of hydrogen-bond acceptors (Lipinski definition) is 6. The molecular formula is C16H9ClF6N4O5. The van der Waals surface area contributed by atoms with Crippen molar-refractivity contribution >= 4 is 34.5 Å². The molecule has 2 N–H and O–H groups in total. The number of rotatable bonds is 5. The molecule has 0 heterocycles. The maximum atomic E-state index is 13.1. The van der Waals surface area contributed by atoms with Crippen molar-refractivity contribution in [3.8, 4) is 0 Å². The third-order valence-electron chi connectivity index (χ3n) is 3.84. The molecule has 0 bridgehead atoms. The minimum absolute atomic E-state index is 0.0599. The van der Waals surface area contributed by atoms with Gasteiger partial charge in [0, 0.05) is 11.6 Å². The number of amidine groups is 1. The minimum Gasteiger partial charge on any atom is -0.290 e. The van der Waals surface area contributed by atoms with E-state index in [0.29, 0.717) is 0 Å². The van der Waals surface area contributed by atoms with Crippen molar-refractivity contribution in [1.82, 2.24) is 5.48 Å². The van der Waals surface area contributed by atoms with Gasteiger partial charge in [-0.25, -0.2) is 4.99 Å². The largest absolute Gasteiger partial charge is 0.418 e. The fourth-order valence-electron chi connectivity index (χ4n) is 2.52. The van der Waals surface area contributed by atoms with Crippen molar-refractivity contribution in [3.05, 3.63) is 72.3 Å². The van der Waals surface area contributed by atoms with Gasteiger partial charge in [-0.05, 0) is 5.56 Å². The molecule has 0 amide bonds. The summed E-state index contributed by atoms with van der Waals surface area (Å²) in [7, 11) is 0. The smallest absolute Gasteiger partial charge is 0.290 e. The Morgan fingerprint density at radius 1 is 1.06 bits per heavy atom. The summed E-state index contributed by atoms with van der Waals surface area (Å²) >= 11 is 5.48. The molecule has 0 spiro atoms. The van der Waals surface area contributed by atoms with Gasteiger partial charge in [0.05, 0.1) is 21.8 Å². The molecule has 0 atom stereocenters. The monoisotopic (exact) mass is 486 g/mol. The lowest BCUT2D eigenvalue weighted by molar-refractivity contribution is -0.392. The van der Waals surface area contributed by atoms with E-state index in [-0.39, 0.29) is 17.2 Å². The molecule has 0 aromatic heterocycles. The second-order valence-electron chi connectivity index (χ2n) is 6.03. The number of halogens is 7. The predicted molar refractivity (Wildman–Crippen MR) is 97.1 cm³/mol. The quantitative estimate of drug-likeness (QED) is 0.193. The lowest BCUT2D eigenvalue weighted by atomic mass is 10.1. The number of hydroxylamine groups is 1. The van der Waals surface area contributed by atoms with E-state index in [2.05, 4.69) is 4.99 Å². The lowest BCUT2D eigenvalue weighted by Gasteiger charge is -2.12. The number of nitrogens with one attached hydrogen (secondary N) is 1. The van der Waals surface area contributed by atoms with Crippen LogP contribution in [0.2, 0.25) is 5.02 Å². The maximum Gasteiger partial charge on any atom is 0.418 e. The number of alkyl halides is 6. The Labute approximate surface area is 178 Å². The Kier molecular flexibility index (Phi) is 6.94. The summed E-state index contributed by atoms with van der Waals surface area (Å²) in [5.41, 5.74) is -5.04. The number of hydrogen-bond donors (Lipinski definition) is 2. The highest BCUT2D eigenvalue weighted by Crippen LogP contribution is 2.48. The highest BCUT2D eigenvalue weighted by molar-refractivity contribution is 6.34. The van der Waals surface area contributed by atoms with Gasteiger partial charge >= 0.3 is 23.7 Å². The minimum atomic E-state index is -5.28. The topological polar surface area (TPSA) is 131 Å². The van der Waals surface area contributed by atoms with Crippen molar-refractivity contribution in [3.63, 3.8) is 0 Å². The molecule has 0 unspecified atom stereocenters. The van der Waals surface area contributed by atoms with Crippen LogP contribution in [-0.2, 0) is 12.6 Å². The Balaban J connectivity index is 2.72. The summed E-state index contributed by atoms with van der Waals surface area (Å²) in [6.07, 6.45) is -11.1. The van der Waals surface area contributed by atoms with Gasteiger partial charge in [0.15, 0.2) is 5.84 Å². The third kappa shape index (κ3) is 5.61. The van der Waals surface area contributed by atoms with E-state index in [1.165, 1.54) is 5.48 Å². The van der Waals surface area contributed by atoms with Crippen molar-refractivity contribution in [2.45, 2.75) is 18.8 Å². The van der Waals surface area contributed by atoms with Crippen LogP contribution in [0.15, 0.2) is 35.3 Å². The van der Waals surface area contributed by atoms with E-state index in [1.807, 2.05) is 0 Å². The van der Waals surface area contributed by atoms with E-state index >= 15 is 0 Å². The number of nitrogens with zero attached hydrogens (tertiary/aromatic N) is 3. The molecule has 2 aromatic carbocycles. The predicted octanol–water partition coefficient (Wildman–Crippen LogP) is 5.34. The SMILES string of the molecule is O=[N+]([O-])c1cc(C(F)(F)F)c(Cl)c([N+](=O)[O-])c1N=C(NO)c1ccc(CC(F)(F)F)cc1. The van der Waals surface area contributed by atoms with Crippen molar-refractivity contribution in [1.29, 1.82) is 0 Å². The molecule has 0 radical (unpaired) electrons. The summed E-state index contributed by atoms with van der Waals surface area (Å²) in [5, 5.41) is 30.5. The van der Waals surface area contributed by atoms with E-state index in [4.69, 9.17) is 11.6 Å². The first-order valence-electron chi connectivity index (χ1n) is 8.03. The second-order valence-corrected chi connectivity index (χ2v) is 6.41. The molecule has 0 saturated carbocycles. The first-order chi connectivity index (χ1) is 14.7. The zero-order valence-electron chi connectivity index (χ0n) is 15.2. The summed E-state index contributed by atoms with van der Waals surface area (Å²) in [4.78, 5) is 23.3. The zero-order chi connectivity index (χ0) is 24.4. The molecule has 0 aliphatic heterocycles. The van der Waals surface area contributed by atoms with E-state index in [1.54, 1.807) is 0 Å². The Hall–Kier alpha value is -3.46. The van der Waals surface area contributed by atoms with Crippen LogP contribution in [0.3, 0.4) is 0 Å². The van der Waals surface area contributed by atoms with Gasteiger partial charge in [0.2, 0.25) is 5.69 Å². The molecule has 0 aliphatic carbocycles. The summed E-state index contributed by atoms with van der Waals surface area (Å²) in [5.74, 6) is -0.745. The van der Waals surface area contributed by atoms with E-state index in [9.17, 15) is 51.8 Å². The van der Waals surface area contributed by atoms with Crippen LogP contribution >= 0.6 is 11.6 Å². The van der Waals surface area contributed by atoms with Crippen LogP contribution in [0.4, 0.5) is 43.4 Å². The van der Waals surface area contributed by atoms with Gasteiger partial charge in [-0.2, -0.15) is 26.3 Å². The molecule has 16 heteroatoms. The van der Waals surface area contributed by atoms with Crippen LogP contribution in [-0.4, -0.2) is 27.1 Å². The Bertz CT molecular complexity index is 1090. The van der Waals surface area contributed by atoms with Crippen molar-refractivity contribution in [2.24, 2.45) is 4.99 Å². The van der Waals surface area contributed by atoms with Gasteiger partial charge < -0.3 is 0 Å². The third-order valence-corrected chi connectivity index (χ3v) is 4.22. The average molecular weight is 487 g/mol. The van der Waals surface area contributed by atoms with Gasteiger partial charge in [-0.3, -0.25) is 30.9 Å². The average Bonchev–Trinajstić information content (AvgIpc) is 2.63. The van der Waals surface area contributed by atoms with Gasteiger partial charge in [0.1, 0.15) is 5.02 Å². The van der Waals surface area contributed by atoms with Crippen LogP contribution < -0.4 is 5.48 Å². The van der Waals surface area contributed by atoms with Crippen LogP contribution in [0, 0.1) is 20.2 Å². The second kappa shape index (κ2) is 8.96. The fraction of sp³-hybridized carbons (Fsp3) is 0.188. The van der Waals surface area contributed by atoms with Crippen LogP contribution in [0.25, 0.3) is 0 Å². The highest BCUT2D eigenvalue weighted by atomic mass is 35.5. The van der Waals surface area contributed by atoms with Crippen LogP contribution in [0.1, 0.15) is 16.7 Å². The summed E-state index contributed by atoms with van der Waals surface area (Å²) in [6.45, 7) is 0. The first-order valence-corrected chi connectivity index (χ1v) is 8.40. The molecular weight excluding hydrogens is 478 g/mol. The first kappa shape index (κ1) is 24.8. The standard InChI is InChI=1S/C16H9ClF6N4O5/c17-11-9(16(21,22)23)5-10(26(29)30)12(13(11)27(31)32)24-14(25-28)8-3-1-7(2-4-8)6-15(18,19)20/h1-5,28H,6H2,(H,24,25). The van der Waals surface area contributed by atoms with E-state index in [0.717, 1.165) is 24.3 Å². The molecule has 2 aromatic rings. The zero-order valence-corrected chi connectivity index (χ0v) is 15.9. The summed E-state index contributed by atoms with van der Waals surface area (Å²) < 4.78 is 76.7. The van der Waals surface area contributed by atoms with Crippen LogP contribution in [0.5, 0.6) is 0 Å². The Morgan fingerprint density at radius 3 is 2.03 bits per heavy atom. The van der Waals surface area contributed by atoms with Gasteiger partial charge in [0.25, 0.3) is 0 Å². The molecule has 9 nitrogen and oxygen atoms in total. The summed E-state index contributed by atoms with van der Waals surface area (Å²) in [6, 6.07) is 3.87. The van der Waals surface area contributed by atoms with E-state index < -0.39 is 62.1 Å². The van der Waals surface area contributed by atoms with Crippen molar-refractivity contribution in [2.75, 3.05) is 0 Å². The van der Waals surface area contributed by atoms with Gasteiger partial charge in [-0.1, -0.05) is 35.9 Å². The highest BCUT2D eigenvalue weighted by Gasteiger charge is 2.42. The molecule has 2 rings (SSSR count). The Morgan fingerprint density at radius 2 is 1.62 bits per heavy atom. The van der Waals surface area contributed by atoms with Gasteiger partial charge in [-0.15, -0.1) is 0 Å². The fourth-order valence-corrected chi connectivity index (χ4v) is 2.84. The molecule has 32 heavy (non-hydrogen) atoms. The number of aliphatic imine (C=N–C) groups is 1. The normalized spacial score (nSPS) is 12.6. The number of benzene rings is 2. The lowest BCUT2D eigenvalue weighted by Crippen LogP contribution is -2.20. The molecule has 0 fully saturated rings. The van der Waals surface area contributed by atoms with Crippen molar-refractivity contribution < 1.29 is 41.4 Å².